The van der Waals surface area contributed by atoms with E-state index in [1.165, 1.54) is 0 Å². The van der Waals surface area contributed by atoms with Gasteiger partial charge in [-0.3, -0.25) is 0 Å². The molecule has 0 aromatic heterocycles. The van der Waals surface area contributed by atoms with Crippen molar-refractivity contribution < 1.29 is 9.84 Å². The number of halogens is 1. The summed E-state index contributed by atoms with van der Waals surface area (Å²) in [5.41, 5.74) is 6.41. The molecule has 0 heterocycles. The molecule has 0 aliphatic rings. The van der Waals surface area contributed by atoms with E-state index in [4.69, 9.17) is 10.5 Å². The third-order valence-electron chi connectivity index (χ3n) is 1.92. The first kappa shape index (κ1) is 14.4. The van der Waals surface area contributed by atoms with Crippen molar-refractivity contribution in [3.63, 3.8) is 0 Å². The standard InChI is InChI=1S/C11H17NO2.ClH/c12-7-6-11(13)9-14-8-10-4-2-1-3-5-10;/h1-5,11,13H,6-9,12H2;1H. The summed E-state index contributed by atoms with van der Waals surface area (Å²) >= 11 is 0. The number of hydrogen-bond donors (Lipinski definition) is 2. The highest BCUT2D eigenvalue weighted by Gasteiger charge is 2.02. The Morgan fingerprint density at radius 1 is 1.27 bits per heavy atom. The topological polar surface area (TPSA) is 55.5 Å². The lowest BCUT2D eigenvalue weighted by Gasteiger charge is -2.09. The minimum absolute atomic E-state index is 0. The summed E-state index contributed by atoms with van der Waals surface area (Å²) in [6.07, 6.45) is 0.151. The molecule has 0 fully saturated rings. The van der Waals surface area contributed by atoms with Crippen molar-refractivity contribution in [1.29, 1.82) is 0 Å². The molecule has 1 atom stereocenters. The molecule has 0 saturated carbocycles. The molecule has 1 aromatic carbocycles. The highest BCUT2D eigenvalue weighted by molar-refractivity contribution is 5.85. The van der Waals surface area contributed by atoms with Crippen LogP contribution in [-0.2, 0) is 11.3 Å². The van der Waals surface area contributed by atoms with Crippen LogP contribution in [-0.4, -0.2) is 24.4 Å². The molecule has 0 saturated heterocycles. The zero-order chi connectivity index (χ0) is 10.2. The van der Waals surface area contributed by atoms with Gasteiger partial charge in [0, 0.05) is 0 Å². The molecule has 86 valence electrons. The van der Waals surface area contributed by atoms with Crippen molar-refractivity contribution in [2.45, 2.75) is 19.1 Å². The largest absolute Gasteiger partial charge is 0.391 e. The van der Waals surface area contributed by atoms with Gasteiger partial charge in [0.15, 0.2) is 0 Å². The van der Waals surface area contributed by atoms with Gasteiger partial charge < -0.3 is 15.6 Å². The maximum atomic E-state index is 9.32. The number of benzene rings is 1. The smallest absolute Gasteiger partial charge is 0.0785 e. The zero-order valence-corrected chi connectivity index (χ0v) is 9.45. The van der Waals surface area contributed by atoms with Crippen LogP contribution in [0.3, 0.4) is 0 Å². The number of aliphatic hydroxyl groups excluding tert-OH is 1. The zero-order valence-electron chi connectivity index (χ0n) is 8.63. The van der Waals surface area contributed by atoms with Crippen LogP contribution in [0.5, 0.6) is 0 Å². The molecule has 15 heavy (non-hydrogen) atoms. The van der Waals surface area contributed by atoms with Crippen LogP contribution in [0.2, 0.25) is 0 Å². The Balaban J connectivity index is 0.00000196. The van der Waals surface area contributed by atoms with Crippen molar-refractivity contribution in [2.75, 3.05) is 13.2 Å². The number of aliphatic hydroxyl groups is 1. The first-order valence-corrected chi connectivity index (χ1v) is 4.82. The fourth-order valence-corrected chi connectivity index (χ4v) is 1.16. The Hall–Kier alpha value is -0.610. The number of nitrogens with two attached hydrogens (primary N) is 1. The average molecular weight is 232 g/mol. The van der Waals surface area contributed by atoms with Crippen LogP contribution in [0.1, 0.15) is 12.0 Å². The van der Waals surface area contributed by atoms with Crippen molar-refractivity contribution in [3.05, 3.63) is 35.9 Å². The fraction of sp³-hybridized carbons (Fsp3) is 0.455. The molecule has 0 amide bonds. The fourth-order valence-electron chi connectivity index (χ4n) is 1.16. The van der Waals surface area contributed by atoms with E-state index in [0.717, 1.165) is 5.56 Å². The molecule has 4 heteroatoms. The Labute approximate surface area is 96.7 Å². The van der Waals surface area contributed by atoms with E-state index in [9.17, 15) is 5.11 Å². The van der Waals surface area contributed by atoms with Crippen LogP contribution < -0.4 is 5.73 Å². The number of rotatable bonds is 6. The molecule has 0 radical (unpaired) electrons. The van der Waals surface area contributed by atoms with Crippen molar-refractivity contribution in [1.82, 2.24) is 0 Å². The van der Waals surface area contributed by atoms with E-state index in [0.29, 0.717) is 26.2 Å². The molecule has 0 spiro atoms. The normalized spacial score (nSPS) is 11.9. The van der Waals surface area contributed by atoms with Gasteiger partial charge >= 0.3 is 0 Å². The van der Waals surface area contributed by atoms with Crippen LogP contribution in [0, 0.1) is 0 Å². The molecular formula is C11H18ClNO2. The van der Waals surface area contributed by atoms with E-state index in [1.807, 2.05) is 30.3 Å². The predicted octanol–water partition coefficient (Wildman–Crippen LogP) is 1.33. The Morgan fingerprint density at radius 3 is 2.53 bits per heavy atom. The van der Waals surface area contributed by atoms with Gasteiger partial charge in [0.1, 0.15) is 0 Å². The van der Waals surface area contributed by atoms with Crippen LogP contribution in [0.15, 0.2) is 30.3 Å². The molecule has 0 aliphatic heterocycles. The van der Waals surface area contributed by atoms with Gasteiger partial charge in [-0.1, -0.05) is 30.3 Å². The summed E-state index contributed by atoms with van der Waals surface area (Å²) in [7, 11) is 0. The van der Waals surface area contributed by atoms with Gasteiger partial charge in [-0.25, -0.2) is 0 Å². The van der Waals surface area contributed by atoms with E-state index < -0.39 is 6.10 Å². The third kappa shape index (κ3) is 6.47. The second-order valence-corrected chi connectivity index (χ2v) is 3.23. The van der Waals surface area contributed by atoms with Crippen LogP contribution >= 0.6 is 12.4 Å². The summed E-state index contributed by atoms with van der Waals surface area (Å²) in [6.45, 7) is 1.39. The van der Waals surface area contributed by atoms with E-state index in [1.54, 1.807) is 0 Å². The number of hydrogen-bond acceptors (Lipinski definition) is 3. The van der Waals surface area contributed by atoms with Gasteiger partial charge in [0.2, 0.25) is 0 Å². The van der Waals surface area contributed by atoms with Crippen molar-refractivity contribution >= 4 is 12.4 Å². The average Bonchev–Trinajstić information content (AvgIpc) is 2.20. The van der Waals surface area contributed by atoms with Crippen LogP contribution in [0.4, 0.5) is 0 Å². The predicted molar refractivity (Wildman–Crippen MR) is 63.0 cm³/mol. The molecule has 1 aromatic rings. The number of ether oxygens (including phenoxy) is 1. The maximum Gasteiger partial charge on any atom is 0.0785 e. The first-order chi connectivity index (χ1) is 6.83. The lowest BCUT2D eigenvalue weighted by molar-refractivity contribution is 0.0258. The molecule has 1 rings (SSSR count). The minimum Gasteiger partial charge on any atom is -0.391 e. The SMILES string of the molecule is Cl.NCCC(O)COCc1ccccc1. The molecular weight excluding hydrogens is 214 g/mol. The van der Waals surface area contributed by atoms with Crippen LogP contribution in [0.25, 0.3) is 0 Å². The van der Waals surface area contributed by atoms with E-state index >= 15 is 0 Å². The minimum atomic E-state index is -0.441. The highest BCUT2D eigenvalue weighted by Crippen LogP contribution is 2.01. The van der Waals surface area contributed by atoms with Gasteiger partial charge in [-0.05, 0) is 18.5 Å². The monoisotopic (exact) mass is 231 g/mol. The second-order valence-electron chi connectivity index (χ2n) is 3.23. The molecule has 0 bridgehead atoms. The van der Waals surface area contributed by atoms with Gasteiger partial charge in [0.05, 0.1) is 19.3 Å². The quantitative estimate of drug-likeness (QED) is 0.777. The summed E-state index contributed by atoms with van der Waals surface area (Å²) < 4.78 is 5.33. The van der Waals surface area contributed by atoms with E-state index in [-0.39, 0.29) is 12.4 Å². The molecule has 3 nitrogen and oxygen atoms in total. The molecule has 1 unspecified atom stereocenters. The lowest BCUT2D eigenvalue weighted by Crippen LogP contribution is -2.19. The summed E-state index contributed by atoms with van der Waals surface area (Å²) in [6, 6.07) is 9.89. The summed E-state index contributed by atoms with van der Waals surface area (Å²) in [5, 5.41) is 9.32. The lowest BCUT2D eigenvalue weighted by atomic mass is 10.2. The van der Waals surface area contributed by atoms with Gasteiger partial charge in [-0.15, -0.1) is 12.4 Å². The first-order valence-electron chi connectivity index (χ1n) is 4.82. The maximum absolute atomic E-state index is 9.32. The Morgan fingerprint density at radius 2 is 1.93 bits per heavy atom. The Kier molecular flexibility index (Phi) is 8.33. The van der Waals surface area contributed by atoms with E-state index in [2.05, 4.69) is 0 Å². The van der Waals surface area contributed by atoms with Crippen molar-refractivity contribution in [2.24, 2.45) is 5.73 Å². The second kappa shape index (κ2) is 8.68. The molecule has 3 N–H and O–H groups in total. The summed E-state index contributed by atoms with van der Waals surface area (Å²) in [5.74, 6) is 0. The van der Waals surface area contributed by atoms with Gasteiger partial charge in [-0.2, -0.15) is 0 Å². The van der Waals surface area contributed by atoms with Gasteiger partial charge in [0.25, 0.3) is 0 Å². The Bertz CT molecular complexity index is 244. The highest BCUT2D eigenvalue weighted by atomic mass is 35.5. The third-order valence-corrected chi connectivity index (χ3v) is 1.92. The molecule has 0 aliphatic carbocycles. The van der Waals surface area contributed by atoms with Crippen molar-refractivity contribution in [3.8, 4) is 0 Å². The summed E-state index contributed by atoms with van der Waals surface area (Å²) in [4.78, 5) is 0.